The van der Waals surface area contributed by atoms with Gasteiger partial charge in [-0.3, -0.25) is 4.79 Å². The van der Waals surface area contributed by atoms with E-state index in [1.54, 1.807) is 6.07 Å². The number of nitrogens with one attached hydrogen (secondary N) is 1. The number of halogens is 1. The molecule has 0 aliphatic rings. The largest absolute Gasteiger partial charge is 0.352 e. The van der Waals surface area contributed by atoms with Gasteiger partial charge in [-0.1, -0.05) is 44.7 Å². The Bertz CT molecular complexity index is 614. The van der Waals surface area contributed by atoms with Crippen LogP contribution in [-0.2, 0) is 9.84 Å². The van der Waals surface area contributed by atoms with Gasteiger partial charge in [0.15, 0.2) is 9.84 Å². The van der Waals surface area contributed by atoms with Gasteiger partial charge in [0.25, 0.3) is 5.91 Å². The van der Waals surface area contributed by atoms with E-state index in [9.17, 15) is 13.2 Å². The first-order valence-electron chi connectivity index (χ1n) is 7.57. The molecule has 0 aliphatic heterocycles. The number of hydrogen-bond donors (Lipinski definition) is 1. The van der Waals surface area contributed by atoms with Crippen molar-refractivity contribution in [3.05, 3.63) is 28.8 Å². The molecule has 4 nitrogen and oxygen atoms in total. The minimum Gasteiger partial charge on any atom is -0.352 e. The van der Waals surface area contributed by atoms with Gasteiger partial charge in [-0.05, 0) is 30.5 Å². The third-order valence-electron chi connectivity index (χ3n) is 3.69. The van der Waals surface area contributed by atoms with E-state index in [4.69, 9.17) is 11.6 Å². The van der Waals surface area contributed by atoms with Crippen LogP contribution in [0.4, 0.5) is 0 Å². The lowest BCUT2D eigenvalue weighted by Gasteiger charge is -2.15. The van der Waals surface area contributed by atoms with Crippen LogP contribution in [0.15, 0.2) is 23.1 Å². The predicted octanol–water partition coefficient (Wildman–Crippen LogP) is 3.69. The summed E-state index contributed by atoms with van der Waals surface area (Å²) in [6.45, 7) is 4.86. The lowest BCUT2D eigenvalue weighted by atomic mass is 9.99. The van der Waals surface area contributed by atoms with Crippen molar-refractivity contribution < 1.29 is 13.2 Å². The molecule has 0 fully saturated rings. The van der Waals surface area contributed by atoms with Gasteiger partial charge in [-0.15, -0.1) is 0 Å². The van der Waals surface area contributed by atoms with Crippen molar-refractivity contribution >= 4 is 27.3 Å². The standard InChI is InChI=1S/C16H24ClNO3S/c1-4-6-7-12(5-2)11-18-16(19)13-8-9-14(17)15(10-13)22(3,20)21/h8-10,12H,4-7,11H2,1-3H3,(H,18,19). The molecule has 0 radical (unpaired) electrons. The quantitative estimate of drug-likeness (QED) is 0.781. The molecule has 0 saturated carbocycles. The summed E-state index contributed by atoms with van der Waals surface area (Å²) in [5, 5.41) is 3.01. The summed E-state index contributed by atoms with van der Waals surface area (Å²) in [6.07, 6.45) is 5.46. The first-order valence-corrected chi connectivity index (χ1v) is 9.84. The van der Waals surface area contributed by atoms with Crippen LogP contribution in [0.25, 0.3) is 0 Å². The molecule has 0 bridgehead atoms. The summed E-state index contributed by atoms with van der Waals surface area (Å²) >= 11 is 5.88. The minimum absolute atomic E-state index is 0.0140. The maximum absolute atomic E-state index is 12.2. The first-order chi connectivity index (χ1) is 10.3. The molecule has 1 N–H and O–H groups in total. The van der Waals surface area contributed by atoms with Crippen molar-refractivity contribution in [2.75, 3.05) is 12.8 Å². The third kappa shape index (κ3) is 5.61. The second-order valence-corrected chi connectivity index (χ2v) is 7.94. The van der Waals surface area contributed by atoms with E-state index in [-0.39, 0.29) is 15.8 Å². The summed E-state index contributed by atoms with van der Waals surface area (Å²) in [7, 11) is -3.45. The van der Waals surface area contributed by atoms with E-state index in [1.165, 1.54) is 12.1 Å². The number of hydrogen-bond acceptors (Lipinski definition) is 3. The highest BCUT2D eigenvalue weighted by Crippen LogP contribution is 2.22. The molecule has 0 heterocycles. The van der Waals surface area contributed by atoms with Gasteiger partial charge in [0.1, 0.15) is 0 Å². The summed E-state index contributed by atoms with van der Waals surface area (Å²) < 4.78 is 23.3. The van der Waals surface area contributed by atoms with E-state index in [0.29, 0.717) is 18.0 Å². The smallest absolute Gasteiger partial charge is 0.251 e. The lowest BCUT2D eigenvalue weighted by molar-refractivity contribution is 0.0945. The van der Waals surface area contributed by atoms with Crippen LogP contribution in [0.2, 0.25) is 5.02 Å². The van der Waals surface area contributed by atoms with Crippen LogP contribution in [0.1, 0.15) is 49.9 Å². The zero-order valence-corrected chi connectivity index (χ0v) is 14.9. The number of unbranched alkanes of at least 4 members (excludes halogenated alkanes) is 1. The fourth-order valence-corrected chi connectivity index (χ4v) is 3.51. The van der Waals surface area contributed by atoms with Crippen molar-refractivity contribution in [2.45, 2.75) is 44.4 Å². The van der Waals surface area contributed by atoms with Crippen LogP contribution in [0.5, 0.6) is 0 Å². The van der Waals surface area contributed by atoms with E-state index in [1.807, 2.05) is 0 Å². The SMILES string of the molecule is CCCCC(CC)CNC(=O)c1ccc(Cl)c(S(C)(=O)=O)c1. The topological polar surface area (TPSA) is 63.2 Å². The number of sulfone groups is 1. The molecule has 22 heavy (non-hydrogen) atoms. The van der Waals surface area contributed by atoms with Crippen molar-refractivity contribution in [3.63, 3.8) is 0 Å². The molecule has 0 aromatic heterocycles. The highest BCUT2D eigenvalue weighted by molar-refractivity contribution is 7.90. The molecule has 1 amide bonds. The van der Waals surface area contributed by atoms with Crippen LogP contribution in [0, 0.1) is 5.92 Å². The minimum atomic E-state index is -3.45. The summed E-state index contributed by atoms with van der Waals surface area (Å²) in [6, 6.07) is 4.32. The average molecular weight is 346 g/mol. The third-order valence-corrected chi connectivity index (χ3v) is 5.27. The lowest BCUT2D eigenvalue weighted by Crippen LogP contribution is -2.29. The molecular weight excluding hydrogens is 322 g/mol. The van der Waals surface area contributed by atoms with E-state index < -0.39 is 9.84 Å². The van der Waals surface area contributed by atoms with Gasteiger partial charge >= 0.3 is 0 Å². The Hall–Kier alpha value is -1.07. The second-order valence-electron chi connectivity index (χ2n) is 5.54. The molecule has 1 aromatic rings. The van der Waals surface area contributed by atoms with Crippen molar-refractivity contribution in [3.8, 4) is 0 Å². The molecule has 0 spiro atoms. The average Bonchev–Trinajstić information content (AvgIpc) is 2.46. The molecular formula is C16H24ClNO3S. The van der Waals surface area contributed by atoms with E-state index in [2.05, 4.69) is 19.2 Å². The molecule has 1 aromatic carbocycles. The van der Waals surface area contributed by atoms with Gasteiger partial charge < -0.3 is 5.32 Å². The van der Waals surface area contributed by atoms with E-state index >= 15 is 0 Å². The molecule has 6 heteroatoms. The molecule has 0 saturated heterocycles. The summed E-state index contributed by atoms with van der Waals surface area (Å²) in [5.41, 5.74) is 0.315. The van der Waals surface area contributed by atoms with Crippen LogP contribution >= 0.6 is 11.6 Å². The zero-order chi connectivity index (χ0) is 16.8. The number of amides is 1. The fourth-order valence-electron chi connectivity index (χ4n) is 2.21. The highest BCUT2D eigenvalue weighted by atomic mass is 35.5. The molecule has 124 valence electrons. The number of rotatable bonds is 8. The van der Waals surface area contributed by atoms with Gasteiger partial charge in [-0.2, -0.15) is 0 Å². The van der Waals surface area contributed by atoms with Gasteiger partial charge in [-0.25, -0.2) is 8.42 Å². The Kier molecular flexibility index (Phi) is 7.36. The normalized spacial score (nSPS) is 12.9. The summed E-state index contributed by atoms with van der Waals surface area (Å²) in [5.74, 6) is 0.182. The fraction of sp³-hybridized carbons (Fsp3) is 0.562. The molecule has 0 aliphatic carbocycles. The van der Waals surface area contributed by atoms with Gasteiger partial charge in [0, 0.05) is 18.4 Å². The number of benzene rings is 1. The van der Waals surface area contributed by atoms with Crippen molar-refractivity contribution in [1.29, 1.82) is 0 Å². The van der Waals surface area contributed by atoms with Crippen molar-refractivity contribution in [2.24, 2.45) is 5.92 Å². The van der Waals surface area contributed by atoms with Crippen LogP contribution in [-0.4, -0.2) is 27.1 Å². The molecule has 1 unspecified atom stereocenters. The Morgan fingerprint density at radius 1 is 1.32 bits per heavy atom. The number of carbonyl (C=O) groups is 1. The highest BCUT2D eigenvalue weighted by Gasteiger charge is 2.16. The Labute approximate surface area is 138 Å². The zero-order valence-electron chi connectivity index (χ0n) is 13.4. The van der Waals surface area contributed by atoms with Crippen molar-refractivity contribution in [1.82, 2.24) is 5.32 Å². The van der Waals surface area contributed by atoms with E-state index in [0.717, 1.165) is 31.9 Å². The van der Waals surface area contributed by atoms with Gasteiger partial charge in [0.05, 0.1) is 9.92 Å². The Morgan fingerprint density at radius 3 is 2.55 bits per heavy atom. The number of carbonyl (C=O) groups excluding carboxylic acids is 1. The maximum Gasteiger partial charge on any atom is 0.251 e. The Balaban J connectivity index is 2.78. The monoisotopic (exact) mass is 345 g/mol. The molecule has 1 atom stereocenters. The maximum atomic E-state index is 12.2. The van der Waals surface area contributed by atoms with Gasteiger partial charge in [0.2, 0.25) is 0 Å². The van der Waals surface area contributed by atoms with Crippen LogP contribution < -0.4 is 5.32 Å². The second kappa shape index (κ2) is 8.53. The molecule has 1 rings (SSSR count). The Morgan fingerprint density at radius 2 is 2.00 bits per heavy atom. The van der Waals surface area contributed by atoms with Crippen LogP contribution in [0.3, 0.4) is 0 Å². The first kappa shape index (κ1) is 19.0. The summed E-state index contributed by atoms with van der Waals surface area (Å²) in [4.78, 5) is 12.2. The predicted molar refractivity (Wildman–Crippen MR) is 90.2 cm³/mol.